The summed E-state index contributed by atoms with van der Waals surface area (Å²) in [6.45, 7) is 1.47. The molecular formula is C14H13BrClN3O. The van der Waals surface area contributed by atoms with E-state index in [1.807, 2.05) is 18.2 Å². The van der Waals surface area contributed by atoms with Crippen LogP contribution in [0.25, 0.3) is 10.9 Å². The number of nitrogens with two attached hydrogens (primary N) is 1. The topological polar surface area (TPSA) is 59.2 Å². The van der Waals surface area contributed by atoms with Crippen LogP contribution in [0.3, 0.4) is 0 Å². The second-order valence-electron chi connectivity index (χ2n) is 4.95. The van der Waals surface area contributed by atoms with Gasteiger partial charge in [0.15, 0.2) is 0 Å². The predicted molar refractivity (Wildman–Crippen MR) is 84.0 cm³/mol. The van der Waals surface area contributed by atoms with Gasteiger partial charge in [0.1, 0.15) is 0 Å². The van der Waals surface area contributed by atoms with Crippen molar-refractivity contribution in [3.8, 4) is 0 Å². The van der Waals surface area contributed by atoms with Crippen LogP contribution in [0.5, 0.6) is 0 Å². The van der Waals surface area contributed by atoms with Crippen LogP contribution >= 0.6 is 27.5 Å². The molecule has 0 spiro atoms. The summed E-state index contributed by atoms with van der Waals surface area (Å²) in [5.74, 6) is -0.314. The number of aromatic nitrogens is 1. The number of anilines is 1. The van der Waals surface area contributed by atoms with Gasteiger partial charge >= 0.3 is 0 Å². The number of pyridine rings is 1. The molecule has 1 saturated heterocycles. The number of carbonyl (C=O) groups is 1. The highest BCUT2D eigenvalue weighted by Gasteiger charge is 2.27. The summed E-state index contributed by atoms with van der Waals surface area (Å²) in [6.07, 6.45) is 2.54. The first-order chi connectivity index (χ1) is 9.56. The van der Waals surface area contributed by atoms with Gasteiger partial charge in [0.05, 0.1) is 16.5 Å². The van der Waals surface area contributed by atoms with Gasteiger partial charge in [-0.1, -0.05) is 27.5 Å². The van der Waals surface area contributed by atoms with E-state index in [1.165, 1.54) is 0 Å². The van der Waals surface area contributed by atoms with Gasteiger partial charge in [-0.25, -0.2) is 0 Å². The van der Waals surface area contributed by atoms with E-state index in [0.717, 1.165) is 34.0 Å². The van der Waals surface area contributed by atoms with Crippen LogP contribution in [-0.4, -0.2) is 24.0 Å². The van der Waals surface area contributed by atoms with E-state index in [9.17, 15) is 4.79 Å². The van der Waals surface area contributed by atoms with Gasteiger partial charge in [0.2, 0.25) is 5.91 Å². The smallest absolute Gasteiger partial charge is 0.222 e. The third kappa shape index (κ3) is 2.36. The van der Waals surface area contributed by atoms with Crippen LogP contribution in [0.1, 0.15) is 6.42 Å². The fourth-order valence-corrected chi connectivity index (χ4v) is 3.51. The van der Waals surface area contributed by atoms with Crippen LogP contribution < -0.4 is 10.6 Å². The minimum absolute atomic E-state index is 0.0826. The molecule has 1 aliphatic heterocycles. The molecule has 1 aromatic heterocycles. The number of nitrogens with zero attached hydrogens (tertiary/aromatic N) is 2. The molecule has 1 unspecified atom stereocenters. The highest BCUT2D eigenvalue weighted by Crippen LogP contribution is 2.34. The Morgan fingerprint density at radius 2 is 2.30 bits per heavy atom. The summed E-state index contributed by atoms with van der Waals surface area (Å²) in [5, 5.41) is 1.60. The zero-order valence-corrected chi connectivity index (χ0v) is 13.0. The van der Waals surface area contributed by atoms with Crippen molar-refractivity contribution in [3.05, 3.63) is 33.9 Å². The summed E-state index contributed by atoms with van der Waals surface area (Å²) in [4.78, 5) is 17.8. The van der Waals surface area contributed by atoms with Gasteiger partial charge < -0.3 is 10.6 Å². The van der Waals surface area contributed by atoms with Crippen molar-refractivity contribution < 1.29 is 4.79 Å². The zero-order valence-electron chi connectivity index (χ0n) is 10.6. The van der Waals surface area contributed by atoms with E-state index in [1.54, 1.807) is 6.20 Å². The Hall–Kier alpha value is -1.33. The van der Waals surface area contributed by atoms with Gasteiger partial charge in [-0.15, -0.1) is 0 Å². The molecule has 2 aromatic rings. The number of hydrogen-bond acceptors (Lipinski definition) is 3. The maximum absolute atomic E-state index is 11.3. The van der Waals surface area contributed by atoms with Crippen LogP contribution in [0, 0.1) is 5.92 Å². The maximum atomic E-state index is 11.3. The molecule has 0 bridgehead atoms. The van der Waals surface area contributed by atoms with E-state index < -0.39 is 0 Å². The summed E-state index contributed by atoms with van der Waals surface area (Å²) < 4.78 is 0.912. The number of rotatable bonds is 2. The first-order valence-electron chi connectivity index (χ1n) is 6.34. The number of hydrogen-bond donors (Lipinski definition) is 1. The molecule has 1 atom stereocenters. The predicted octanol–water partition coefficient (Wildman–Crippen LogP) is 2.96. The maximum Gasteiger partial charge on any atom is 0.222 e. The van der Waals surface area contributed by atoms with Gasteiger partial charge in [-0.2, -0.15) is 0 Å². The summed E-state index contributed by atoms with van der Waals surface area (Å²) in [5.41, 5.74) is 7.21. The minimum atomic E-state index is -0.231. The van der Waals surface area contributed by atoms with Crippen LogP contribution in [0.2, 0.25) is 5.02 Å². The second-order valence-corrected chi connectivity index (χ2v) is 6.27. The Balaban J connectivity index is 2.06. The Bertz CT molecular complexity index is 691. The summed E-state index contributed by atoms with van der Waals surface area (Å²) in [6, 6.07) is 5.78. The molecule has 0 radical (unpaired) electrons. The molecule has 2 heterocycles. The monoisotopic (exact) mass is 353 g/mol. The van der Waals surface area contributed by atoms with Crippen LogP contribution in [0.15, 0.2) is 28.9 Å². The number of fused-ring (bicyclic) bond motifs is 1. The second kappa shape index (κ2) is 5.22. The van der Waals surface area contributed by atoms with Crippen LogP contribution in [0.4, 0.5) is 5.69 Å². The van der Waals surface area contributed by atoms with E-state index in [0.29, 0.717) is 11.6 Å². The number of carbonyl (C=O) groups excluding carboxylic acids is 1. The van der Waals surface area contributed by atoms with Crippen molar-refractivity contribution in [1.29, 1.82) is 0 Å². The van der Waals surface area contributed by atoms with Crippen molar-refractivity contribution in [2.75, 3.05) is 18.0 Å². The molecule has 2 N–H and O–H groups in total. The molecule has 3 rings (SSSR count). The van der Waals surface area contributed by atoms with Gasteiger partial charge in [0.25, 0.3) is 0 Å². The third-order valence-corrected chi connectivity index (χ3v) is 4.42. The van der Waals surface area contributed by atoms with E-state index in [2.05, 4.69) is 25.8 Å². The fourth-order valence-electron chi connectivity index (χ4n) is 2.65. The van der Waals surface area contributed by atoms with Gasteiger partial charge in [-0.05, 0) is 24.6 Å². The summed E-state index contributed by atoms with van der Waals surface area (Å²) >= 11 is 9.69. The first-order valence-corrected chi connectivity index (χ1v) is 7.51. The molecule has 1 fully saturated rings. The molecule has 20 heavy (non-hydrogen) atoms. The largest absolute Gasteiger partial charge is 0.370 e. The molecule has 104 valence electrons. The quantitative estimate of drug-likeness (QED) is 0.902. The highest BCUT2D eigenvalue weighted by molar-refractivity contribution is 9.10. The SMILES string of the molecule is NC(=O)C1CCN(c2ccnc3c(Cl)cc(Br)cc23)C1. The van der Waals surface area contributed by atoms with Gasteiger partial charge in [0, 0.05) is 34.8 Å². The van der Waals surface area contributed by atoms with Crippen molar-refractivity contribution in [2.45, 2.75) is 6.42 Å². The van der Waals surface area contributed by atoms with E-state index >= 15 is 0 Å². The standard InChI is InChI=1S/C14H13BrClN3O/c15-9-5-10-12(1-3-18-13(10)11(16)6-9)19-4-2-8(7-19)14(17)20/h1,3,5-6,8H,2,4,7H2,(H2,17,20). The lowest BCUT2D eigenvalue weighted by Gasteiger charge is -2.20. The van der Waals surface area contributed by atoms with E-state index in [-0.39, 0.29) is 11.8 Å². The van der Waals surface area contributed by atoms with Crippen molar-refractivity contribution in [3.63, 3.8) is 0 Å². The molecule has 1 aliphatic rings. The van der Waals surface area contributed by atoms with Crippen molar-refractivity contribution in [2.24, 2.45) is 11.7 Å². The molecule has 1 aromatic carbocycles. The molecular weight excluding hydrogens is 342 g/mol. The number of amides is 1. The zero-order chi connectivity index (χ0) is 14.3. The molecule has 1 amide bonds. The average molecular weight is 355 g/mol. The normalized spacial score (nSPS) is 18.7. The lowest BCUT2D eigenvalue weighted by molar-refractivity contribution is -0.121. The number of benzene rings is 1. The molecule has 4 nitrogen and oxygen atoms in total. The summed E-state index contributed by atoms with van der Waals surface area (Å²) in [7, 11) is 0. The van der Waals surface area contributed by atoms with Crippen LogP contribution in [-0.2, 0) is 4.79 Å². The van der Waals surface area contributed by atoms with E-state index in [4.69, 9.17) is 17.3 Å². The van der Waals surface area contributed by atoms with Crippen molar-refractivity contribution >= 4 is 50.0 Å². The Kier molecular flexibility index (Phi) is 3.56. The molecule has 0 aliphatic carbocycles. The minimum Gasteiger partial charge on any atom is -0.370 e. The third-order valence-electron chi connectivity index (χ3n) is 3.67. The molecule has 0 saturated carbocycles. The first kappa shape index (κ1) is 13.6. The lowest BCUT2D eigenvalue weighted by Crippen LogP contribution is -2.27. The highest BCUT2D eigenvalue weighted by atomic mass is 79.9. The Labute approximate surface area is 130 Å². The number of primary amides is 1. The molecule has 6 heteroatoms. The Morgan fingerprint density at radius 1 is 1.50 bits per heavy atom. The lowest BCUT2D eigenvalue weighted by atomic mass is 10.1. The average Bonchev–Trinajstić information content (AvgIpc) is 2.87. The van der Waals surface area contributed by atoms with Gasteiger partial charge in [-0.3, -0.25) is 9.78 Å². The number of halogens is 2. The Morgan fingerprint density at radius 3 is 3.00 bits per heavy atom. The van der Waals surface area contributed by atoms with Crippen molar-refractivity contribution in [1.82, 2.24) is 4.98 Å². The fraction of sp³-hybridized carbons (Fsp3) is 0.286.